The summed E-state index contributed by atoms with van der Waals surface area (Å²) in [6, 6.07) is 0. The fourth-order valence-electron chi connectivity index (χ4n) is 0.158. The van der Waals surface area contributed by atoms with E-state index in [4.69, 9.17) is 5.11 Å². The van der Waals surface area contributed by atoms with Gasteiger partial charge in [-0.05, 0) is 6.42 Å². The molecule has 0 amide bonds. The van der Waals surface area contributed by atoms with E-state index in [0.717, 1.165) is 12.8 Å². The van der Waals surface area contributed by atoms with Crippen LogP contribution in [0.1, 0.15) is 19.8 Å². The maximum Gasteiger partial charge on any atom is 0.0430 e. The normalized spacial score (nSPS) is 8.40. The molecule has 0 radical (unpaired) electrons. The number of rotatable bonds is 2. The zero-order valence-corrected chi connectivity index (χ0v) is 3.57. The topological polar surface area (TPSA) is 20.2 Å². The first-order valence-corrected chi connectivity index (χ1v) is 2.02. The van der Waals surface area contributed by atoms with Crippen LogP contribution in [0, 0.1) is 0 Å². The van der Waals surface area contributed by atoms with Crippen molar-refractivity contribution in [3.63, 3.8) is 0 Å². The van der Waals surface area contributed by atoms with Gasteiger partial charge in [-0.2, -0.15) is 0 Å². The molecule has 0 aliphatic carbocycles. The summed E-state index contributed by atoms with van der Waals surface area (Å²) in [6.07, 6.45) is 2.04. The maximum absolute atomic E-state index is 8.07. The minimum absolute atomic E-state index is 0.344. The molecule has 0 aliphatic heterocycles. The van der Waals surface area contributed by atoms with Crippen LogP contribution >= 0.6 is 0 Å². The third-order valence-corrected chi connectivity index (χ3v) is 0.512. The summed E-state index contributed by atoms with van der Waals surface area (Å²) in [5.41, 5.74) is 0. The Morgan fingerprint density at radius 1 is 1.60 bits per heavy atom. The van der Waals surface area contributed by atoms with Crippen molar-refractivity contribution in [2.45, 2.75) is 19.8 Å². The van der Waals surface area contributed by atoms with Gasteiger partial charge in [0.2, 0.25) is 0 Å². The van der Waals surface area contributed by atoms with Crippen molar-refractivity contribution >= 4 is 0 Å². The molecule has 0 spiro atoms. The smallest absolute Gasteiger partial charge is 0.0430 e. The Morgan fingerprint density at radius 2 is 2.20 bits per heavy atom. The molecule has 0 bridgehead atoms. The number of hydrogen-bond acceptors (Lipinski definition) is 1. The Hall–Kier alpha value is -0.0400. The minimum atomic E-state index is 0.344. The molecule has 1 nitrogen and oxygen atoms in total. The predicted molar refractivity (Wildman–Crippen MR) is 22.0 cm³/mol. The van der Waals surface area contributed by atoms with Crippen LogP contribution in [0.25, 0.3) is 0 Å². The van der Waals surface area contributed by atoms with Crippen LogP contribution in [-0.4, -0.2) is 11.7 Å². The molecule has 0 fully saturated rings. The lowest BCUT2D eigenvalue weighted by molar-refractivity contribution is 0.287. The van der Waals surface area contributed by atoms with Crippen LogP contribution in [0.3, 0.4) is 0 Å². The van der Waals surface area contributed by atoms with Crippen molar-refractivity contribution in [1.82, 2.24) is 0 Å². The Kier molecular flexibility index (Phi) is 3.93. The molecular weight excluding hydrogens is 68.0 g/mol. The van der Waals surface area contributed by atoms with Crippen LogP contribution < -0.4 is 0 Å². The average Bonchev–Trinajstić information content (AvgIpc) is 1.41. The van der Waals surface area contributed by atoms with Crippen LogP contribution in [0.4, 0.5) is 0 Å². The number of unbranched alkanes of at least 4 members (excludes halogenated alkanes) is 1. The van der Waals surface area contributed by atoms with E-state index in [1.165, 1.54) is 0 Å². The molecule has 5 heavy (non-hydrogen) atoms. The Labute approximate surface area is 32.6 Å². The minimum Gasteiger partial charge on any atom is -0.396 e. The first-order chi connectivity index (χ1) is 2.41. The van der Waals surface area contributed by atoms with E-state index in [9.17, 15) is 0 Å². The fraction of sp³-hybridized carbons (Fsp3) is 1.00. The zero-order valence-electron chi connectivity index (χ0n) is 3.57. The lowest BCUT2D eigenvalue weighted by atomic mass is 11.4. The molecule has 0 atom stereocenters. The van der Waals surface area contributed by atoms with E-state index in [0.29, 0.717) is 6.61 Å². The monoisotopic (exact) mass is 78.1 g/mol. The van der Waals surface area contributed by atoms with Crippen molar-refractivity contribution in [3.05, 3.63) is 0 Å². The Balaban J connectivity index is 2.19. The van der Waals surface area contributed by atoms with Crippen molar-refractivity contribution in [1.29, 1.82) is 0 Å². The third kappa shape index (κ3) is 3.96. The second-order valence-corrected chi connectivity index (χ2v) is 1.08. The first-order valence-electron chi connectivity index (χ1n) is 2.02. The van der Waals surface area contributed by atoms with Gasteiger partial charge in [-0.25, -0.2) is 0 Å². The standard InChI is InChI=1S/C4H10O/c1-2-3-4-5/h5H,2-4H2,1H3/i1+1,2+1,3+1,4+1. The van der Waals surface area contributed by atoms with Gasteiger partial charge in [-0.15, -0.1) is 0 Å². The van der Waals surface area contributed by atoms with Gasteiger partial charge >= 0.3 is 0 Å². The maximum atomic E-state index is 8.07. The molecule has 0 unspecified atom stereocenters. The van der Waals surface area contributed by atoms with Crippen LogP contribution in [-0.2, 0) is 0 Å². The van der Waals surface area contributed by atoms with Crippen LogP contribution in [0.15, 0.2) is 0 Å². The van der Waals surface area contributed by atoms with E-state index in [-0.39, 0.29) is 0 Å². The summed E-state index contributed by atoms with van der Waals surface area (Å²) >= 11 is 0. The highest BCUT2D eigenvalue weighted by molar-refractivity contribution is 4.23. The molecule has 1 N–H and O–H groups in total. The number of aliphatic hydroxyl groups excluding tert-OH is 1. The molecule has 0 saturated carbocycles. The molecule has 0 aromatic heterocycles. The molecule has 0 heterocycles. The van der Waals surface area contributed by atoms with E-state index >= 15 is 0 Å². The van der Waals surface area contributed by atoms with Crippen LogP contribution in [0.5, 0.6) is 0 Å². The molecule has 0 aliphatic rings. The second-order valence-electron chi connectivity index (χ2n) is 1.08. The summed E-state index contributed by atoms with van der Waals surface area (Å²) < 4.78 is 0. The van der Waals surface area contributed by atoms with Crippen molar-refractivity contribution in [2.75, 3.05) is 6.61 Å². The van der Waals surface area contributed by atoms with E-state index in [2.05, 4.69) is 6.92 Å². The lowest BCUT2D eigenvalue weighted by Gasteiger charge is -1.79. The highest BCUT2D eigenvalue weighted by Crippen LogP contribution is 1.78. The highest BCUT2D eigenvalue weighted by Gasteiger charge is 1.69. The van der Waals surface area contributed by atoms with Gasteiger partial charge in [0.05, 0.1) is 0 Å². The molecule has 0 rings (SSSR count). The summed E-state index contributed by atoms with van der Waals surface area (Å²) in [5, 5.41) is 8.07. The first kappa shape index (κ1) is 4.96. The number of hydrogen-bond donors (Lipinski definition) is 1. The second kappa shape index (κ2) is 3.96. The molecule has 1 heteroatoms. The molecule has 0 saturated heterocycles. The summed E-state index contributed by atoms with van der Waals surface area (Å²) in [5.74, 6) is 0. The summed E-state index contributed by atoms with van der Waals surface area (Å²) in [4.78, 5) is 0. The lowest BCUT2D eigenvalue weighted by Crippen LogP contribution is -1.75. The van der Waals surface area contributed by atoms with Gasteiger partial charge in [0, 0.05) is 6.61 Å². The predicted octanol–water partition coefficient (Wildman–Crippen LogP) is 0.779. The third-order valence-electron chi connectivity index (χ3n) is 0.512. The van der Waals surface area contributed by atoms with Gasteiger partial charge in [-0.3, -0.25) is 0 Å². The van der Waals surface area contributed by atoms with E-state index in [1.54, 1.807) is 0 Å². The van der Waals surface area contributed by atoms with Gasteiger partial charge in [0.25, 0.3) is 0 Å². The molecule has 0 aromatic rings. The van der Waals surface area contributed by atoms with E-state index < -0.39 is 0 Å². The Morgan fingerprint density at radius 3 is 2.20 bits per heavy atom. The fourth-order valence-corrected chi connectivity index (χ4v) is 0.158. The van der Waals surface area contributed by atoms with E-state index in [1.807, 2.05) is 0 Å². The summed E-state index contributed by atoms with van der Waals surface area (Å²) in [6.45, 7) is 2.40. The molecule has 0 aromatic carbocycles. The van der Waals surface area contributed by atoms with Gasteiger partial charge < -0.3 is 5.11 Å². The highest BCUT2D eigenvalue weighted by atomic mass is 16.3. The average molecular weight is 78.1 g/mol. The van der Waals surface area contributed by atoms with Crippen molar-refractivity contribution in [3.8, 4) is 0 Å². The SMILES string of the molecule is [13CH3][13CH2][13CH2][13CH2]O. The molecule has 32 valence electrons. The number of aliphatic hydroxyl groups is 1. The largest absolute Gasteiger partial charge is 0.396 e. The van der Waals surface area contributed by atoms with Crippen molar-refractivity contribution in [2.24, 2.45) is 0 Å². The zero-order chi connectivity index (χ0) is 4.12. The van der Waals surface area contributed by atoms with Gasteiger partial charge in [0.15, 0.2) is 0 Å². The molecular formula is C4H10O. The van der Waals surface area contributed by atoms with Crippen molar-refractivity contribution < 1.29 is 5.11 Å². The van der Waals surface area contributed by atoms with Gasteiger partial charge in [-0.1, -0.05) is 13.3 Å². The Bertz CT molecular complexity index is 11.1. The quantitative estimate of drug-likeness (QED) is 0.484. The summed E-state index contributed by atoms with van der Waals surface area (Å²) in [7, 11) is 0. The van der Waals surface area contributed by atoms with Gasteiger partial charge in [0.1, 0.15) is 0 Å². The van der Waals surface area contributed by atoms with Crippen LogP contribution in [0.2, 0.25) is 0 Å².